The molecule has 0 radical (unpaired) electrons. The molecule has 13 heteroatoms. The predicted molar refractivity (Wildman–Crippen MR) is 238 cm³/mol. The number of hydrogen-bond donors (Lipinski definition) is 4. The Morgan fingerprint density at radius 1 is 0.500 bits per heavy atom. The maximum absolute atomic E-state index is 12.8. The summed E-state index contributed by atoms with van der Waals surface area (Å²) in [5.41, 5.74) is 0. The van der Waals surface area contributed by atoms with Crippen molar-refractivity contribution in [2.75, 3.05) is 19.0 Å². The Morgan fingerprint density at radius 2 is 0.850 bits per heavy atom. The monoisotopic (exact) mass is 879 g/mol. The molecule has 0 bridgehead atoms. The zero-order chi connectivity index (χ0) is 44.1. The van der Waals surface area contributed by atoms with Gasteiger partial charge in [0.25, 0.3) is 10.1 Å². The molecule has 0 aromatic rings. The number of ether oxygens (including phenoxy) is 4. The Kier molecular flexibility index (Phi) is 36.0. The highest BCUT2D eigenvalue weighted by molar-refractivity contribution is 7.85. The zero-order valence-electron chi connectivity index (χ0n) is 38.1. The molecule has 0 saturated carbocycles. The number of hydrogen-bond acceptors (Lipinski definition) is 11. The van der Waals surface area contributed by atoms with Crippen molar-refractivity contribution in [2.24, 2.45) is 0 Å². The standard InChI is InChI=1S/C47H90O12S/c1-3-5-7-9-11-13-14-15-16-17-18-19-20-21-22-23-24-25-26-28-30-32-34-36-43(49)58-40(37-56-42(48)35-33-31-29-27-12-10-8-6-4-2)38-57-47-46(52)45(51)44(50)41(59-47)39-60(53,54)55/h40-41,44-47,50-52H,3-39H2,1-2H3,(H,53,54,55)/t40-,41-,44-,45?,46?,47+/m1/s1. The van der Waals surface area contributed by atoms with E-state index in [1.165, 1.54) is 154 Å². The SMILES string of the molecule is CCCCCCCCCCCCCCCCCCCCCCCCCC(=O)O[C@H](COC(=O)CCCCCCCCCCC)CO[C@H]1O[C@H](CS(=O)(=O)O)[C@@H](O)C(O)C1O. The van der Waals surface area contributed by atoms with E-state index >= 15 is 0 Å². The minimum absolute atomic E-state index is 0.173. The third-order valence-electron chi connectivity index (χ3n) is 11.7. The van der Waals surface area contributed by atoms with Gasteiger partial charge in [0.1, 0.15) is 36.8 Å². The molecular formula is C47H90O12S. The van der Waals surface area contributed by atoms with Gasteiger partial charge in [-0.2, -0.15) is 8.42 Å². The summed E-state index contributed by atoms with van der Waals surface area (Å²) in [4.78, 5) is 25.4. The summed E-state index contributed by atoms with van der Waals surface area (Å²) in [6.07, 6.45) is 30.3. The van der Waals surface area contributed by atoms with Crippen LogP contribution in [0.1, 0.15) is 232 Å². The second-order valence-corrected chi connectivity index (χ2v) is 19.0. The number of aliphatic hydroxyl groups is 3. The fourth-order valence-electron chi connectivity index (χ4n) is 7.86. The van der Waals surface area contributed by atoms with Crippen molar-refractivity contribution in [1.29, 1.82) is 0 Å². The van der Waals surface area contributed by atoms with E-state index in [-0.39, 0.29) is 19.4 Å². The highest BCUT2D eigenvalue weighted by Crippen LogP contribution is 2.24. The lowest BCUT2D eigenvalue weighted by atomic mass is 10.00. The molecule has 0 aromatic carbocycles. The summed E-state index contributed by atoms with van der Waals surface area (Å²) in [6.45, 7) is 3.76. The van der Waals surface area contributed by atoms with Gasteiger partial charge in [0.05, 0.1) is 6.61 Å². The minimum atomic E-state index is -4.60. The van der Waals surface area contributed by atoms with Gasteiger partial charge in [-0.25, -0.2) is 0 Å². The largest absolute Gasteiger partial charge is 0.462 e. The van der Waals surface area contributed by atoms with E-state index < -0.39 is 71.2 Å². The highest BCUT2D eigenvalue weighted by Gasteiger charge is 2.46. The second-order valence-electron chi connectivity index (χ2n) is 17.5. The van der Waals surface area contributed by atoms with Gasteiger partial charge in [0.15, 0.2) is 12.4 Å². The van der Waals surface area contributed by atoms with Crippen molar-refractivity contribution >= 4 is 22.1 Å². The van der Waals surface area contributed by atoms with Crippen LogP contribution in [0, 0.1) is 0 Å². The average molecular weight is 879 g/mol. The van der Waals surface area contributed by atoms with E-state index in [0.717, 1.165) is 38.5 Å². The first-order chi connectivity index (χ1) is 29.0. The first-order valence-electron chi connectivity index (χ1n) is 24.6. The molecule has 1 aliphatic rings. The second kappa shape index (κ2) is 38.1. The van der Waals surface area contributed by atoms with Crippen LogP contribution in [0.3, 0.4) is 0 Å². The van der Waals surface area contributed by atoms with Crippen LogP contribution in [0.5, 0.6) is 0 Å². The molecule has 1 fully saturated rings. The van der Waals surface area contributed by atoms with Crippen molar-refractivity contribution in [3.63, 3.8) is 0 Å². The fourth-order valence-corrected chi connectivity index (χ4v) is 8.55. The molecule has 60 heavy (non-hydrogen) atoms. The van der Waals surface area contributed by atoms with Crippen LogP contribution in [-0.4, -0.2) is 96.0 Å². The van der Waals surface area contributed by atoms with Crippen LogP contribution in [0.25, 0.3) is 0 Å². The van der Waals surface area contributed by atoms with Crippen molar-refractivity contribution in [2.45, 2.75) is 269 Å². The lowest BCUT2D eigenvalue weighted by Gasteiger charge is -2.40. The van der Waals surface area contributed by atoms with Crippen LogP contribution < -0.4 is 0 Å². The normalized spacial score (nSPS) is 20.0. The van der Waals surface area contributed by atoms with E-state index in [9.17, 15) is 37.9 Å². The maximum Gasteiger partial charge on any atom is 0.306 e. The summed E-state index contributed by atoms with van der Waals surface area (Å²) < 4.78 is 54.0. The molecule has 2 unspecified atom stereocenters. The Morgan fingerprint density at radius 3 is 1.22 bits per heavy atom. The third-order valence-corrected chi connectivity index (χ3v) is 12.4. The molecule has 1 heterocycles. The molecule has 0 aromatic heterocycles. The van der Waals surface area contributed by atoms with E-state index in [1.54, 1.807) is 0 Å². The first kappa shape index (κ1) is 56.7. The predicted octanol–water partition coefficient (Wildman–Crippen LogP) is 10.5. The van der Waals surface area contributed by atoms with Crippen molar-refractivity contribution in [1.82, 2.24) is 0 Å². The number of unbranched alkanes of at least 4 members (excludes halogenated alkanes) is 30. The van der Waals surface area contributed by atoms with E-state index in [4.69, 9.17) is 18.9 Å². The molecular weight excluding hydrogens is 789 g/mol. The Balaban J connectivity index is 2.30. The molecule has 1 saturated heterocycles. The van der Waals surface area contributed by atoms with Crippen molar-refractivity contribution in [3.8, 4) is 0 Å². The molecule has 0 amide bonds. The van der Waals surface area contributed by atoms with Gasteiger partial charge in [0, 0.05) is 12.8 Å². The van der Waals surface area contributed by atoms with Crippen LogP contribution in [0.2, 0.25) is 0 Å². The van der Waals surface area contributed by atoms with Crippen LogP contribution in [0.15, 0.2) is 0 Å². The van der Waals surface area contributed by atoms with E-state index in [0.29, 0.717) is 12.8 Å². The topological polar surface area (TPSA) is 186 Å². The molecule has 1 rings (SSSR count). The number of rotatable bonds is 42. The Hall–Kier alpha value is -1.35. The van der Waals surface area contributed by atoms with Crippen LogP contribution in [-0.2, 0) is 38.7 Å². The smallest absolute Gasteiger partial charge is 0.306 e. The molecule has 4 N–H and O–H groups in total. The van der Waals surface area contributed by atoms with Gasteiger partial charge in [-0.3, -0.25) is 14.1 Å². The molecule has 1 aliphatic heterocycles. The van der Waals surface area contributed by atoms with Gasteiger partial charge >= 0.3 is 11.9 Å². The van der Waals surface area contributed by atoms with Gasteiger partial charge in [-0.1, -0.05) is 206 Å². The van der Waals surface area contributed by atoms with E-state index in [1.807, 2.05) is 0 Å². The van der Waals surface area contributed by atoms with Crippen LogP contribution >= 0.6 is 0 Å². The maximum atomic E-state index is 12.8. The van der Waals surface area contributed by atoms with Gasteiger partial charge in [-0.05, 0) is 12.8 Å². The third kappa shape index (κ3) is 32.3. The first-order valence-corrected chi connectivity index (χ1v) is 26.2. The summed E-state index contributed by atoms with van der Waals surface area (Å²) in [5.74, 6) is -1.96. The summed E-state index contributed by atoms with van der Waals surface area (Å²) >= 11 is 0. The van der Waals surface area contributed by atoms with Gasteiger partial charge < -0.3 is 34.3 Å². The lowest BCUT2D eigenvalue weighted by Crippen LogP contribution is -2.60. The number of carbonyl (C=O) groups is 2. The summed E-state index contributed by atoms with van der Waals surface area (Å²) in [7, 11) is -4.60. The molecule has 356 valence electrons. The molecule has 12 nitrogen and oxygen atoms in total. The van der Waals surface area contributed by atoms with Crippen LogP contribution in [0.4, 0.5) is 0 Å². The van der Waals surface area contributed by atoms with Gasteiger partial charge in [0.2, 0.25) is 0 Å². The number of aliphatic hydroxyl groups excluding tert-OH is 3. The quantitative estimate of drug-likeness (QED) is 0.0259. The Bertz CT molecular complexity index is 1120. The highest BCUT2D eigenvalue weighted by atomic mass is 32.2. The zero-order valence-corrected chi connectivity index (χ0v) is 38.9. The number of carbonyl (C=O) groups excluding carboxylic acids is 2. The molecule has 0 spiro atoms. The summed E-state index contributed by atoms with van der Waals surface area (Å²) in [5, 5.41) is 30.9. The minimum Gasteiger partial charge on any atom is -0.462 e. The average Bonchev–Trinajstić information content (AvgIpc) is 3.21. The Labute approximate surface area is 365 Å². The summed E-state index contributed by atoms with van der Waals surface area (Å²) in [6, 6.07) is 0. The number of esters is 2. The van der Waals surface area contributed by atoms with E-state index in [2.05, 4.69) is 13.8 Å². The lowest BCUT2D eigenvalue weighted by molar-refractivity contribution is -0.297. The van der Waals surface area contributed by atoms with Crippen molar-refractivity contribution in [3.05, 3.63) is 0 Å². The van der Waals surface area contributed by atoms with Gasteiger partial charge in [-0.15, -0.1) is 0 Å². The molecule has 6 atom stereocenters. The fraction of sp³-hybridized carbons (Fsp3) is 0.957. The van der Waals surface area contributed by atoms with Crippen molar-refractivity contribution < 1.29 is 56.8 Å². The molecule has 0 aliphatic carbocycles.